The minimum absolute atomic E-state index is 0.140. The number of fused-ring (bicyclic) bond motifs is 1. The van der Waals surface area contributed by atoms with Gasteiger partial charge < -0.3 is 20.4 Å². The maximum atomic E-state index is 12.7. The molecule has 3 heterocycles. The van der Waals surface area contributed by atoms with Gasteiger partial charge in [0.15, 0.2) is 5.82 Å². The van der Waals surface area contributed by atoms with Crippen molar-refractivity contribution in [1.29, 1.82) is 5.41 Å². The lowest BCUT2D eigenvalue weighted by Gasteiger charge is -2.28. The fourth-order valence-corrected chi connectivity index (χ4v) is 4.52. The lowest BCUT2D eigenvalue weighted by molar-refractivity contribution is 0.0340. The molecule has 9 heteroatoms. The second-order valence-electron chi connectivity index (χ2n) is 9.55. The Morgan fingerprint density at radius 1 is 1.23 bits per heavy atom. The average Bonchev–Trinajstić information content (AvgIpc) is 3.08. The van der Waals surface area contributed by atoms with Gasteiger partial charge in [-0.25, -0.2) is 9.97 Å². The minimum atomic E-state index is -0.231. The summed E-state index contributed by atoms with van der Waals surface area (Å²) in [4.78, 5) is 38.2. The van der Waals surface area contributed by atoms with Gasteiger partial charge >= 0.3 is 0 Å². The second kappa shape index (κ2) is 10.9. The quantitative estimate of drug-likeness (QED) is 0.393. The Morgan fingerprint density at radius 3 is 2.54 bits per heavy atom. The van der Waals surface area contributed by atoms with Gasteiger partial charge in [-0.05, 0) is 50.7 Å². The largest absolute Gasteiger partial charge is 0.359 e. The van der Waals surface area contributed by atoms with Crippen LogP contribution in [0.2, 0.25) is 0 Å². The molecule has 1 atom stereocenters. The van der Waals surface area contributed by atoms with E-state index >= 15 is 0 Å². The number of rotatable bonds is 10. The minimum Gasteiger partial charge on any atom is -0.359 e. The molecular weight excluding hydrogens is 444 g/mol. The highest BCUT2D eigenvalue weighted by molar-refractivity contribution is 6.21. The van der Waals surface area contributed by atoms with E-state index in [1.165, 1.54) is 4.90 Å². The number of hydrogen-bond donors (Lipinski definition) is 2. The average molecular weight is 479 g/mol. The number of benzene rings is 1. The van der Waals surface area contributed by atoms with Crippen molar-refractivity contribution < 1.29 is 14.3 Å². The Labute approximate surface area is 206 Å². The third-order valence-electron chi connectivity index (χ3n) is 6.19. The number of imide groups is 1. The molecule has 186 valence electrons. The summed E-state index contributed by atoms with van der Waals surface area (Å²) in [6, 6.07) is 6.96. The molecule has 2 aliphatic heterocycles. The Morgan fingerprint density at radius 2 is 1.94 bits per heavy atom. The van der Waals surface area contributed by atoms with Gasteiger partial charge in [0, 0.05) is 26.2 Å². The summed E-state index contributed by atoms with van der Waals surface area (Å²) < 4.78 is 5.82. The molecule has 1 aromatic carbocycles. The maximum absolute atomic E-state index is 12.7. The van der Waals surface area contributed by atoms with Gasteiger partial charge in [-0.3, -0.25) is 14.5 Å². The molecule has 4 rings (SSSR count). The highest BCUT2D eigenvalue weighted by Crippen LogP contribution is 2.24. The fourth-order valence-electron chi connectivity index (χ4n) is 4.52. The summed E-state index contributed by atoms with van der Waals surface area (Å²) in [5, 5.41) is 11.5. The first-order valence-corrected chi connectivity index (χ1v) is 12.4. The van der Waals surface area contributed by atoms with Crippen LogP contribution < -0.4 is 10.2 Å². The van der Waals surface area contributed by atoms with Crippen LogP contribution in [0.4, 0.5) is 11.6 Å². The number of ether oxygens (including phenoxy) is 1. The number of amides is 2. The molecule has 2 aromatic rings. The zero-order valence-corrected chi connectivity index (χ0v) is 20.7. The van der Waals surface area contributed by atoms with E-state index in [2.05, 4.69) is 29.0 Å². The van der Waals surface area contributed by atoms with Crippen LogP contribution >= 0.6 is 0 Å². The maximum Gasteiger partial charge on any atom is 0.261 e. The van der Waals surface area contributed by atoms with Gasteiger partial charge in [0.2, 0.25) is 0 Å². The normalized spacial score (nSPS) is 17.6. The lowest BCUT2D eigenvalue weighted by atomic mass is 10.1. The Bertz CT molecular complexity index is 1060. The first-order chi connectivity index (χ1) is 16.8. The van der Waals surface area contributed by atoms with Crippen LogP contribution in [-0.2, 0) is 4.74 Å². The number of nitrogens with one attached hydrogen (secondary N) is 2. The topological polar surface area (TPSA) is 112 Å². The molecule has 0 aliphatic carbocycles. The third-order valence-corrected chi connectivity index (χ3v) is 6.19. The summed E-state index contributed by atoms with van der Waals surface area (Å²) in [5.74, 6) is 1.16. The van der Waals surface area contributed by atoms with Crippen molar-refractivity contribution in [2.75, 3.05) is 36.5 Å². The van der Waals surface area contributed by atoms with Crippen LogP contribution in [0.3, 0.4) is 0 Å². The van der Waals surface area contributed by atoms with E-state index in [-0.39, 0.29) is 18.0 Å². The number of carbonyl (C=O) groups excluding carboxylic acids is 2. The summed E-state index contributed by atoms with van der Waals surface area (Å²) >= 11 is 0. The number of aromatic nitrogens is 2. The zero-order chi connectivity index (χ0) is 24.9. The molecule has 0 radical (unpaired) electrons. The van der Waals surface area contributed by atoms with Crippen molar-refractivity contribution in [2.24, 2.45) is 5.92 Å². The SMILES string of the molecule is CC(=N)c1ncc(N(CCCN2C(=O)c3ccccc3C2=O)CC(C)C)nc1NC1CCCCO1. The molecule has 1 saturated heterocycles. The molecular formula is C26H34N6O3. The van der Waals surface area contributed by atoms with Gasteiger partial charge in [-0.1, -0.05) is 26.0 Å². The molecule has 1 fully saturated rings. The number of hydrogen-bond acceptors (Lipinski definition) is 8. The van der Waals surface area contributed by atoms with E-state index < -0.39 is 0 Å². The molecule has 0 saturated carbocycles. The highest BCUT2D eigenvalue weighted by atomic mass is 16.5. The van der Waals surface area contributed by atoms with Crippen LogP contribution in [-0.4, -0.2) is 64.9 Å². The predicted octanol–water partition coefficient (Wildman–Crippen LogP) is 3.95. The molecule has 2 amide bonds. The van der Waals surface area contributed by atoms with Crippen LogP contribution in [0, 0.1) is 11.3 Å². The molecule has 0 spiro atoms. The highest BCUT2D eigenvalue weighted by Gasteiger charge is 2.34. The molecule has 2 aliphatic rings. The van der Waals surface area contributed by atoms with Crippen LogP contribution in [0.25, 0.3) is 0 Å². The fraction of sp³-hybridized carbons (Fsp3) is 0.500. The summed E-state index contributed by atoms with van der Waals surface area (Å²) in [6.45, 7) is 8.38. The summed E-state index contributed by atoms with van der Waals surface area (Å²) in [5.41, 5.74) is 1.79. The standard InChI is InChI=1S/C26H34N6O3/c1-17(2)16-31(12-8-13-32-25(33)19-9-4-5-10-20(19)26(32)34)21-15-28-23(18(3)27)24(29-21)30-22-11-6-7-14-35-22/h4-5,9-10,15,17,22,27H,6-8,11-14,16H2,1-3H3,(H,29,30). The second-order valence-corrected chi connectivity index (χ2v) is 9.55. The van der Waals surface area contributed by atoms with Crippen molar-refractivity contribution >= 4 is 29.2 Å². The Hall–Kier alpha value is -3.33. The van der Waals surface area contributed by atoms with E-state index in [4.69, 9.17) is 15.1 Å². The van der Waals surface area contributed by atoms with Gasteiger partial charge in [0.25, 0.3) is 11.8 Å². The lowest BCUT2D eigenvalue weighted by Crippen LogP contribution is -2.35. The summed E-state index contributed by atoms with van der Waals surface area (Å²) in [7, 11) is 0. The molecule has 35 heavy (non-hydrogen) atoms. The smallest absolute Gasteiger partial charge is 0.261 e. The monoisotopic (exact) mass is 478 g/mol. The molecule has 1 unspecified atom stereocenters. The van der Waals surface area contributed by atoms with Crippen molar-refractivity contribution in [3.05, 3.63) is 47.3 Å². The van der Waals surface area contributed by atoms with E-state index in [9.17, 15) is 9.59 Å². The van der Waals surface area contributed by atoms with E-state index in [1.807, 2.05) is 0 Å². The van der Waals surface area contributed by atoms with Gasteiger partial charge in [0.05, 0.1) is 23.0 Å². The Balaban J connectivity index is 1.48. The zero-order valence-electron chi connectivity index (χ0n) is 20.7. The first kappa shape index (κ1) is 24.8. The van der Waals surface area contributed by atoms with E-state index in [0.29, 0.717) is 66.2 Å². The third kappa shape index (κ3) is 5.67. The predicted molar refractivity (Wildman–Crippen MR) is 135 cm³/mol. The van der Waals surface area contributed by atoms with Crippen molar-refractivity contribution in [3.63, 3.8) is 0 Å². The molecule has 0 bridgehead atoms. The van der Waals surface area contributed by atoms with Crippen molar-refractivity contribution in [3.8, 4) is 0 Å². The first-order valence-electron chi connectivity index (χ1n) is 12.4. The van der Waals surface area contributed by atoms with Gasteiger partial charge in [0.1, 0.15) is 17.7 Å². The van der Waals surface area contributed by atoms with Gasteiger partial charge in [-0.2, -0.15) is 0 Å². The molecule has 9 nitrogen and oxygen atoms in total. The number of carbonyl (C=O) groups is 2. The van der Waals surface area contributed by atoms with Crippen molar-refractivity contribution in [1.82, 2.24) is 14.9 Å². The Kier molecular flexibility index (Phi) is 7.75. The summed E-state index contributed by atoms with van der Waals surface area (Å²) in [6.07, 6.45) is 5.19. The van der Waals surface area contributed by atoms with Crippen molar-refractivity contribution in [2.45, 2.75) is 52.7 Å². The van der Waals surface area contributed by atoms with Crippen LogP contribution in [0.1, 0.15) is 72.9 Å². The van der Waals surface area contributed by atoms with E-state index in [1.54, 1.807) is 37.4 Å². The van der Waals surface area contributed by atoms with Crippen LogP contribution in [0.15, 0.2) is 30.5 Å². The number of anilines is 2. The van der Waals surface area contributed by atoms with Gasteiger partial charge in [-0.15, -0.1) is 0 Å². The van der Waals surface area contributed by atoms with Crippen LogP contribution in [0.5, 0.6) is 0 Å². The molecule has 1 aromatic heterocycles. The van der Waals surface area contributed by atoms with E-state index in [0.717, 1.165) is 25.8 Å². The molecule has 2 N–H and O–H groups in total. The number of nitrogens with zero attached hydrogens (tertiary/aromatic N) is 4.